The normalized spacial score (nSPS) is 31.7. The van der Waals surface area contributed by atoms with Crippen LogP contribution in [0, 0.1) is 5.92 Å². The minimum Gasteiger partial charge on any atom is -0.398 e. The first-order valence-electron chi connectivity index (χ1n) is 6.87. The van der Waals surface area contributed by atoms with Gasteiger partial charge in [-0.15, -0.1) is 0 Å². The first-order valence-corrected chi connectivity index (χ1v) is 6.87. The third kappa shape index (κ3) is 1.99. The van der Waals surface area contributed by atoms with Crippen LogP contribution in [-0.2, 0) is 4.74 Å². The second-order valence-corrected chi connectivity index (χ2v) is 5.31. The van der Waals surface area contributed by atoms with Crippen molar-refractivity contribution in [1.29, 1.82) is 0 Å². The molecule has 3 N–H and O–H groups in total. The highest BCUT2D eigenvalue weighted by molar-refractivity contribution is 5.46. The van der Waals surface area contributed by atoms with Gasteiger partial charge in [0.2, 0.25) is 0 Å². The van der Waals surface area contributed by atoms with Gasteiger partial charge in [-0.3, -0.25) is 4.98 Å². The topological polar surface area (TPSA) is 60.2 Å². The highest BCUT2D eigenvalue weighted by Crippen LogP contribution is 2.45. The molecule has 0 spiro atoms. The summed E-state index contributed by atoms with van der Waals surface area (Å²) in [5.74, 6) is 0.537. The average molecular weight is 247 g/mol. The van der Waals surface area contributed by atoms with E-state index < -0.39 is 0 Å². The molecule has 3 heterocycles. The van der Waals surface area contributed by atoms with E-state index in [-0.39, 0.29) is 6.04 Å². The Morgan fingerprint density at radius 1 is 1.56 bits per heavy atom. The molecule has 0 aromatic carbocycles. The second-order valence-electron chi connectivity index (χ2n) is 5.31. The van der Waals surface area contributed by atoms with Gasteiger partial charge in [-0.2, -0.15) is 0 Å². The first-order chi connectivity index (χ1) is 8.79. The lowest BCUT2D eigenvalue weighted by molar-refractivity contribution is 0.0858. The summed E-state index contributed by atoms with van der Waals surface area (Å²) in [7, 11) is 0. The number of nitrogen functional groups attached to an aromatic ring is 1. The van der Waals surface area contributed by atoms with Crippen molar-refractivity contribution in [3.05, 3.63) is 24.0 Å². The summed E-state index contributed by atoms with van der Waals surface area (Å²) in [5, 5.41) is 3.57. The molecule has 2 fully saturated rings. The maximum absolute atomic E-state index is 6.10. The summed E-state index contributed by atoms with van der Waals surface area (Å²) >= 11 is 0. The molecule has 4 unspecified atom stereocenters. The molecule has 4 nitrogen and oxygen atoms in total. The zero-order chi connectivity index (χ0) is 12.5. The summed E-state index contributed by atoms with van der Waals surface area (Å²) in [6.45, 7) is 3.07. The van der Waals surface area contributed by atoms with Gasteiger partial charge in [0.25, 0.3) is 0 Å². The minimum absolute atomic E-state index is 0.277. The zero-order valence-electron chi connectivity index (χ0n) is 10.8. The van der Waals surface area contributed by atoms with Crippen LogP contribution < -0.4 is 11.1 Å². The molecule has 0 radical (unpaired) electrons. The monoisotopic (exact) mass is 247 g/mol. The number of rotatable bonds is 4. The number of fused-ring (bicyclic) bond motifs is 2. The fourth-order valence-corrected chi connectivity index (χ4v) is 3.42. The van der Waals surface area contributed by atoms with Crippen LogP contribution in [0.15, 0.2) is 18.5 Å². The molecule has 4 atom stereocenters. The number of ether oxygens (including phenoxy) is 1. The molecule has 0 aliphatic carbocycles. The van der Waals surface area contributed by atoms with E-state index in [1.807, 2.05) is 12.3 Å². The van der Waals surface area contributed by atoms with E-state index in [1.165, 1.54) is 12.8 Å². The maximum atomic E-state index is 6.10. The largest absolute Gasteiger partial charge is 0.398 e. The number of nitrogens with zero attached hydrogens (tertiary/aromatic N) is 1. The Labute approximate surface area is 108 Å². The molecule has 2 aliphatic rings. The van der Waals surface area contributed by atoms with Crippen LogP contribution in [0.2, 0.25) is 0 Å². The molecule has 2 bridgehead atoms. The van der Waals surface area contributed by atoms with Gasteiger partial charge in [0.05, 0.1) is 12.2 Å². The van der Waals surface area contributed by atoms with Gasteiger partial charge in [0, 0.05) is 35.6 Å². The molecular formula is C14H21N3O. The van der Waals surface area contributed by atoms with Crippen molar-refractivity contribution >= 4 is 5.69 Å². The molecule has 0 amide bonds. The van der Waals surface area contributed by atoms with Crippen molar-refractivity contribution < 1.29 is 4.74 Å². The van der Waals surface area contributed by atoms with Crippen LogP contribution >= 0.6 is 0 Å². The molecule has 3 rings (SSSR count). The van der Waals surface area contributed by atoms with Crippen LogP contribution in [0.1, 0.15) is 37.8 Å². The lowest BCUT2D eigenvalue weighted by Crippen LogP contribution is -2.34. The fourth-order valence-electron chi connectivity index (χ4n) is 3.42. The van der Waals surface area contributed by atoms with Crippen LogP contribution in [0.3, 0.4) is 0 Å². The van der Waals surface area contributed by atoms with Gasteiger partial charge in [-0.1, -0.05) is 6.92 Å². The SMILES string of the molecule is CCNC(c1cnccc1N)C1CC2CCC1O2. The molecular weight excluding hydrogens is 226 g/mol. The Kier molecular flexibility index (Phi) is 3.22. The minimum atomic E-state index is 0.277. The standard InChI is InChI=1S/C14H21N3O/c1-2-17-14(11-8-16-6-5-12(11)15)10-7-9-3-4-13(10)18-9/h5-6,8-10,13-14,17H,2-4,7H2,1H3,(H2,15,16). The molecule has 1 aromatic heterocycles. The third-order valence-electron chi connectivity index (χ3n) is 4.23. The zero-order valence-corrected chi connectivity index (χ0v) is 10.8. The van der Waals surface area contributed by atoms with Crippen molar-refractivity contribution in [1.82, 2.24) is 10.3 Å². The van der Waals surface area contributed by atoms with Crippen LogP contribution in [0.4, 0.5) is 5.69 Å². The number of anilines is 1. The maximum Gasteiger partial charge on any atom is 0.0627 e. The van der Waals surface area contributed by atoms with Crippen LogP contribution in [-0.4, -0.2) is 23.7 Å². The van der Waals surface area contributed by atoms with Crippen molar-refractivity contribution in [2.75, 3.05) is 12.3 Å². The number of hydrogen-bond donors (Lipinski definition) is 2. The van der Waals surface area contributed by atoms with E-state index in [1.54, 1.807) is 6.20 Å². The predicted molar refractivity (Wildman–Crippen MR) is 71.1 cm³/mol. The lowest BCUT2D eigenvalue weighted by Gasteiger charge is -2.30. The summed E-state index contributed by atoms with van der Waals surface area (Å²) < 4.78 is 5.97. The van der Waals surface area contributed by atoms with E-state index >= 15 is 0 Å². The average Bonchev–Trinajstić information content (AvgIpc) is 2.99. The van der Waals surface area contributed by atoms with Gasteiger partial charge in [0.1, 0.15) is 0 Å². The third-order valence-corrected chi connectivity index (χ3v) is 4.23. The van der Waals surface area contributed by atoms with Gasteiger partial charge in [-0.05, 0) is 31.9 Å². The predicted octanol–water partition coefficient (Wildman–Crippen LogP) is 1.88. The van der Waals surface area contributed by atoms with E-state index in [4.69, 9.17) is 10.5 Å². The summed E-state index contributed by atoms with van der Waals surface area (Å²) in [6.07, 6.45) is 8.09. The Bertz CT molecular complexity index is 423. The summed E-state index contributed by atoms with van der Waals surface area (Å²) in [5.41, 5.74) is 8.05. The lowest BCUT2D eigenvalue weighted by atomic mass is 9.81. The molecule has 98 valence electrons. The first kappa shape index (κ1) is 11.9. The smallest absolute Gasteiger partial charge is 0.0627 e. The number of pyridine rings is 1. The van der Waals surface area contributed by atoms with Crippen molar-refractivity contribution in [3.8, 4) is 0 Å². The number of aromatic nitrogens is 1. The summed E-state index contributed by atoms with van der Waals surface area (Å²) in [6, 6.07) is 2.16. The fraction of sp³-hybridized carbons (Fsp3) is 0.643. The second kappa shape index (κ2) is 4.86. The molecule has 2 saturated heterocycles. The Balaban J connectivity index is 1.86. The van der Waals surface area contributed by atoms with Gasteiger partial charge >= 0.3 is 0 Å². The number of nitrogens with one attached hydrogen (secondary N) is 1. The Hall–Kier alpha value is -1.13. The van der Waals surface area contributed by atoms with E-state index in [0.717, 1.165) is 24.2 Å². The highest BCUT2D eigenvalue weighted by Gasteiger charge is 2.44. The van der Waals surface area contributed by atoms with Crippen LogP contribution in [0.5, 0.6) is 0 Å². The summed E-state index contributed by atoms with van der Waals surface area (Å²) in [4.78, 5) is 4.22. The van der Waals surface area contributed by atoms with Gasteiger partial charge in [0.15, 0.2) is 0 Å². The number of nitrogens with two attached hydrogens (primary N) is 1. The highest BCUT2D eigenvalue weighted by atomic mass is 16.5. The molecule has 18 heavy (non-hydrogen) atoms. The van der Waals surface area contributed by atoms with E-state index in [9.17, 15) is 0 Å². The van der Waals surface area contributed by atoms with Gasteiger partial charge < -0.3 is 15.8 Å². The van der Waals surface area contributed by atoms with Crippen molar-refractivity contribution in [2.45, 2.75) is 44.4 Å². The quantitative estimate of drug-likeness (QED) is 0.853. The van der Waals surface area contributed by atoms with Crippen LogP contribution in [0.25, 0.3) is 0 Å². The molecule has 0 saturated carbocycles. The Morgan fingerprint density at radius 2 is 2.44 bits per heavy atom. The van der Waals surface area contributed by atoms with Gasteiger partial charge in [-0.25, -0.2) is 0 Å². The van der Waals surface area contributed by atoms with Crippen molar-refractivity contribution in [2.24, 2.45) is 5.92 Å². The Morgan fingerprint density at radius 3 is 3.06 bits per heavy atom. The molecule has 2 aliphatic heterocycles. The molecule has 1 aromatic rings. The molecule has 4 heteroatoms. The van der Waals surface area contributed by atoms with Crippen molar-refractivity contribution in [3.63, 3.8) is 0 Å². The van der Waals surface area contributed by atoms with E-state index in [2.05, 4.69) is 17.2 Å². The number of hydrogen-bond acceptors (Lipinski definition) is 4. The van der Waals surface area contributed by atoms with E-state index in [0.29, 0.717) is 18.1 Å².